The molecular formula is C53H80N2O16S. The third kappa shape index (κ3) is 15.8. The molecule has 72 heavy (non-hydrogen) atoms. The molecular weight excluding hydrogens is 953 g/mol. The highest BCUT2D eigenvalue weighted by Crippen LogP contribution is 2.39. The number of likely N-dealkylation sites (N-methyl/N-ethyl adjacent to an activating group) is 2. The molecule has 19 heteroatoms. The number of fused-ring (bicyclic) bond motifs is 1. The van der Waals surface area contributed by atoms with Gasteiger partial charge < -0.3 is 67.4 Å². The van der Waals surface area contributed by atoms with E-state index in [0.717, 1.165) is 17.2 Å². The van der Waals surface area contributed by atoms with Crippen molar-refractivity contribution in [3.05, 3.63) is 41.3 Å². The summed E-state index contributed by atoms with van der Waals surface area (Å²) in [4.78, 5) is 68.7. The van der Waals surface area contributed by atoms with E-state index in [1.165, 1.54) is 18.7 Å². The van der Waals surface area contributed by atoms with E-state index in [-0.39, 0.29) is 38.0 Å². The zero-order valence-corrected chi connectivity index (χ0v) is 44.8. The van der Waals surface area contributed by atoms with E-state index in [0.29, 0.717) is 32.4 Å². The van der Waals surface area contributed by atoms with Gasteiger partial charge in [-0.2, -0.15) is 0 Å². The maximum atomic E-state index is 14.2. The van der Waals surface area contributed by atoms with Crippen LogP contribution in [0.5, 0.6) is 0 Å². The molecule has 1 aromatic carbocycles. The van der Waals surface area contributed by atoms with Gasteiger partial charge in [-0.1, -0.05) is 51.1 Å². The zero-order valence-electron chi connectivity index (χ0n) is 44.0. The average Bonchev–Trinajstić information content (AvgIpc) is 3.73. The summed E-state index contributed by atoms with van der Waals surface area (Å²) in [5.41, 5.74) is -0.266. The van der Waals surface area contributed by atoms with Crippen molar-refractivity contribution < 1.29 is 76.8 Å². The highest BCUT2D eigenvalue weighted by Gasteiger charge is 2.54. The summed E-state index contributed by atoms with van der Waals surface area (Å²) >= 11 is 1.65. The number of aliphatic hydroxyl groups excluding tert-OH is 2. The third-order valence-corrected chi connectivity index (χ3v) is 15.0. The quantitative estimate of drug-likeness (QED) is 0.115. The van der Waals surface area contributed by atoms with Crippen molar-refractivity contribution in [3.63, 3.8) is 0 Å². The van der Waals surface area contributed by atoms with Crippen LogP contribution in [-0.2, 0) is 66.6 Å². The molecule has 18 nitrogen and oxygen atoms in total. The van der Waals surface area contributed by atoms with Crippen LogP contribution in [0.1, 0.15) is 112 Å². The monoisotopic (exact) mass is 1030 g/mol. The molecule has 3 aliphatic heterocycles. The van der Waals surface area contributed by atoms with E-state index in [1.54, 1.807) is 65.0 Å². The van der Waals surface area contributed by atoms with Gasteiger partial charge in [0, 0.05) is 57.4 Å². The smallest absolute Gasteiger partial charge is 0.309 e. The standard InChI is InChI=1S/C53H80N2O16S/c1-12-42(59)67-40-27-44(61)66-37(19-16-18-36-30-72-41-22-15-14-21-38(36)41)20-17-24-55(10)29-39(58)31(3)26-35(23-25-56)49(50(40)63-11)70-52-47(62)46(54(8)9)48(32(4)65-52)69-45-28-53(7,71-34(6)57)51(33(5)64-45)68-43(60)13-2/h14-16,18,21-22,25,30-33,35,37,39-40,45-52,58,62H,12-13,17,19-20,23-24,26-29H2,1-11H3/t31-,32?,33?,35+,37+,39+,40-,45+,46?,47?,48-,49+,50+,51+,52+,53?/m1/s1. The fraction of sp³-hybridized carbons (Fsp3) is 0.717. The van der Waals surface area contributed by atoms with Gasteiger partial charge in [0.15, 0.2) is 24.3 Å². The molecule has 1 aromatic heterocycles. The van der Waals surface area contributed by atoms with Gasteiger partial charge in [-0.25, -0.2) is 0 Å². The largest absolute Gasteiger partial charge is 0.462 e. The van der Waals surface area contributed by atoms with Crippen molar-refractivity contribution in [1.82, 2.24) is 9.80 Å². The lowest BCUT2D eigenvalue weighted by molar-refractivity contribution is -0.344. The Kier molecular flexibility index (Phi) is 22.6. The predicted molar refractivity (Wildman–Crippen MR) is 268 cm³/mol. The maximum Gasteiger partial charge on any atom is 0.309 e. The van der Waals surface area contributed by atoms with Crippen LogP contribution in [0.3, 0.4) is 0 Å². The Balaban J connectivity index is 1.46. The number of hydrogen-bond acceptors (Lipinski definition) is 19. The summed E-state index contributed by atoms with van der Waals surface area (Å²) in [5, 5.41) is 27.2. The first kappa shape index (κ1) is 59.0. The Morgan fingerprint density at radius 3 is 2.35 bits per heavy atom. The number of β-amino-alcohol motifs (C(OH)–C–C–N with tert-alkyl or cyclic N) is 1. The number of benzene rings is 1. The van der Waals surface area contributed by atoms with Gasteiger partial charge in [-0.3, -0.25) is 19.2 Å². The highest BCUT2D eigenvalue weighted by molar-refractivity contribution is 7.17. The molecule has 2 N–H and O–H groups in total. The second kappa shape index (κ2) is 27.6. The summed E-state index contributed by atoms with van der Waals surface area (Å²) < 4.78 is 57.3. The van der Waals surface area contributed by atoms with Crippen LogP contribution >= 0.6 is 11.3 Å². The Labute approximate surface area is 428 Å². The molecule has 3 aliphatic rings. The lowest BCUT2D eigenvalue weighted by Crippen LogP contribution is -2.66. The molecule has 3 fully saturated rings. The summed E-state index contributed by atoms with van der Waals surface area (Å²) in [7, 11) is 6.82. The molecule has 2 aromatic rings. The number of hydrogen-bond donors (Lipinski definition) is 2. The van der Waals surface area contributed by atoms with Gasteiger partial charge in [-0.05, 0) is 102 Å². The molecule has 5 unspecified atom stereocenters. The van der Waals surface area contributed by atoms with Crippen LogP contribution in [0.15, 0.2) is 35.7 Å². The number of cyclic esters (lactones) is 1. The first-order chi connectivity index (χ1) is 34.2. The Morgan fingerprint density at radius 1 is 0.972 bits per heavy atom. The van der Waals surface area contributed by atoms with Crippen LogP contribution in [0.4, 0.5) is 0 Å². The minimum absolute atomic E-state index is 0.0192. The molecule has 0 saturated carbocycles. The predicted octanol–water partition coefficient (Wildman–Crippen LogP) is 5.85. The summed E-state index contributed by atoms with van der Waals surface area (Å²) in [5.74, 6) is -3.42. The van der Waals surface area contributed by atoms with Crippen LogP contribution < -0.4 is 0 Å². The molecule has 0 radical (unpaired) electrons. The number of esters is 4. The van der Waals surface area contributed by atoms with E-state index < -0.39 is 121 Å². The van der Waals surface area contributed by atoms with Crippen LogP contribution in [0.25, 0.3) is 16.2 Å². The van der Waals surface area contributed by atoms with Gasteiger partial charge in [-0.15, -0.1) is 11.3 Å². The second-order valence-corrected chi connectivity index (χ2v) is 21.0. The van der Waals surface area contributed by atoms with Gasteiger partial charge in [0.25, 0.3) is 0 Å². The summed E-state index contributed by atoms with van der Waals surface area (Å²) in [6.07, 6.45) is -6.08. The van der Waals surface area contributed by atoms with E-state index in [1.807, 2.05) is 43.2 Å². The van der Waals surface area contributed by atoms with Crippen molar-refractivity contribution in [2.24, 2.45) is 11.8 Å². The topological polar surface area (TPSA) is 215 Å². The second-order valence-electron chi connectivity index (χ2n) is 20.1. The molecule has 0 spiro atoms. The number of aliphatic hydroxyl groups is 2. The normalized spacial score (nSPS) is 34.9. The van der Waals surface area contributed by atoms with Gasteiger partial charge in [0.2, 0.25) is 0 Å². The van der Waals surface area contributed by atoms with Gasteiger partial charge in [0.1, 0.15) is 36.8 Å². The van der Waals surface area contributed by atoms with Crippen molar-refractivity contribution >= 4 is 57.7 Å². The number of ether oxygens (including phenoxy) is 9. The van der Waals surface area contributed by atoms with Crippen LogP contribution in [0, 0.1) is 11.8 Å². The molecule has 0 amide bonds. The van der Waals surface area contributed by atoms with Crippen LogP contribution in [0.2, 0.25) is 0 Å². The number of carbonyl (C=O) groups excluding carboxylic acids is 5. The van der Waals surface area contributed by atoms with Gasteiger partial charge >= 0.3 is 23.9 Å². The highest BCUT2D eigenvalue weighted by atomic mass is 32.1. The summed E-state index contributed by atoms with van der Waals surface area (Å²) in [6.45, 7) is 12.5. The van der Waals surface area contributed by atoms with Crippen LogP contribution in [-0.4, -0.2) is 177 Å². The van der Waals surface area contributed by atoms with Crippen molar-refractivity contribution in [2.45, 2.75) is 192 Å². The fourth-order valence-corrected chi connectivity index (χ4v) is 11.3. The van der Waals surface area contributed by atoms with E-state index in [4.69, 9.17) is 42.6 Å². The number of carbonyl (C=O) groups is 5. The summed E-state index contributed by atoms with van der Waals surface area (Å²) in [6, 6.07) is 7.32. The van der Waals surface area contributed by atoms with Crippen molar-refractivity contribution in [3.8, 4) is 0 Å². The minimum Gasteiger partial charge on any atom is -0.462 e. The number of rotatable bonds is 16. The Morgan fingerprint density at radius 2 is 1.68 bits per heavy atom. The molecule has 404 valence electrons. The molecule has 0 aliphatic carbocycles. The molecule has 0 bridgehead atoms. The minimum atomic E-state index is -1.44. The maximum absolute atomic E-state index is 14.2. The van der Waals surface area contributed by atoms with Crippen molar-refractivity contribution in [1.29, 1.82) is 0 Å². The van der Waals surface area contributed by atoms with Gasteiger partial charge in [0.05, 0.1) is 36.9 Å². The zero-order chi connectivity index (χ0) is 52.9. The average molecular weight is 1030 g/mol. The molecule has 16 atom stereocenters. The van der Waals surface area contributed by atoms with Crippen molar-refractivity contribution in [2.75, 3.05) is 41.3 Å². The Bertz CT molecular complexity index is 2100. The first-order valence-corrected chi connectivity index (χ1v) is 26.3. The fourth-order valence-electron chi connectivity index (χ4n) is 10.3. The molecule has 5 rings (SSSR count). The third-order valence-electron chi connectivity index (χ3n) is 14.0. The first-order valence-electron chi connectivity index (χ1n) is 25.4. The van der Waals surface area contributed by atoms with E-state index >= 15 is 0 Å². The SMILES string of the molecule is CCC(=O)O[C@@H]1CC(=O)O[C@@H](CC=Cc2csc3ccccc23)CCCN(C)C[C@H](O)[C@H](C)C[C@H](CC=O)[C@H](O[C@@H]2OC(C)[C@@H](O[C@H]3CC(C)(OC(C)=O)[C@@H](OC(=O)CC)C(C)O3)C(N(C)C)C2O)[C@H]1OC. The molecule has 3 saturated heterocycles. The Hall–Kier alpha value is -3.89. The number of aldehydes is 1. The lowest BCUT2D eigenvalue weighted by Gasteiger charge is -2.50. The lowest BCUT2D eigenvalue weighted by atomic mass is 9.82. The molecule has 4 heterocycles. The number of nitrogens with zero attached hydrogens (tertiary/aromatic N) is 2. The van der Waals surface area contributed by atoms with E-state index in [2.05, 4.69) is 17.5 Å². The number of thiophene rings is 1. The number of methoxy groups -OCH3 is 1. The van der Waals surface area contributed by atoms with E-state index in [9.17, 15) is 34.2 Å².